The Morgan fingerprint density at radius 3 is 2.87 bits per heavy atom. The number of methoxy groups -OCH3 is 1. The molecule has 0 atom stereocenters. The number of rotatable bonds is 4. The van der Waals surface area contributed by atoms with Crippen LogP contribution in [0, 0.1) is 0 Å². The molecule has 1 aromatic rings. The van der Waals surface area contributed by atoms with Gasteiger partial charge in [0.1, 0.15) is 10.6 Å². The van der Waals surface area contributed by atoms with Crippen LogP contribution in [0.3, 0.4) is 0 Å². The molecule has 84 valence electrons. The third-order valence-electron chi connectivity index (χ3n) is 1.76. The van der Waals surface area contributed by atoms with E-state index < -0.39 is 5.54 Å². The van der Waals surface area contributed by atoms with Crippen LogP contribution in [0.25, 0.3) is 0 Å². The maximum absolute atomic E-state index is 11.7. The molecule has 0 aliphatic heterocycles. The van der Waals surface area contributed by atoms with Crippen LogP contribution in [0.1, 0.15) is 23.5 Å². The summed E-state index contributed by atoms with van der Waals surface area (Å²) in [5.41, 5.74) is 5.36. The molecule has 0 aliphatic rings. The van der Waals surface area contributed by atoms with E-state index in [4.69, 9.17) is 10.5 Å². The average Bonchev–Trinajstić information content (AvgIpc) is 2.60. The number of amides is 1. The third-order valence-corrected chi connectivity index (χ3v) is 2.65. The first-order valence-corrected chi connectivity index (χ1v) is 5.50. The largest absolute Gasteiger partial charge is 0.495 e. The summed E-state index contributed by atoms with van der Waals surface area (Å²) in [5.74, 6) is 0.465. The highest BCUT2D eigenvalue weighted by Crippen LogP contribution is 2.23. The highest BCUT2D eigenvalue weighted by atomic mass is 32.1. The molecule has 1 aromatic heterocycles. The standard InChI is InChI=1S/C10H16N2O2S/c1-10(2,11)6-12-9(13)8-7(14-3)4-5-15-8/h4-5H,6,11H2,1-3H3,(H,12,13). The van der Waals surface area contributed by atoms with Crippen molar-refractivity contribution in [1.82, 2.24) is 5.32 Å². The third kappa shape index (κ3) is 3.53. The fourth-order valence-corrected chi connectivity index (χ4v) is 1.79. The van der Waals surface area contributed by atoms with E-state index >= 15 is 0 Å². The van der Waals surface area contributed by atoms with E-state index in [2.05, 4.69) is 5.32 Å². The number of hydrogen-bond donors (Lipinski definition) is 2. The minimum Gasteiger partial charge on any atom is -0.495 e. The second-order valence-corrected chi connectivity index (χ2v) is 4.91. The Morgan fingerprint density at radius 2 is 2.33 bits per heavy atom. The van der Waals surface area contributed by atoms with Gasteiger partial charge in [-0.1, -0.05) is 0 Å². The van der Waals surface area contributed by atoms with E-state index in [1.54, 1.807) is 13.2 Å². The van der Waals surface area contributed by atoms with E-state index in [0.29, 0.717) is 17.2 Å². The predicted molar refractivity (Wildman–Crippen MR) is 61.5 cm³/mol. The minimum absolute atomic E-state index is 0.139. The van der Waals surface area contributed by atoms with Crippen molar-refractivity contribution in [3.63, 3.8) is 0 Å². The molecule has 15 heavy (non-hydrogen) atoms. The highest BCUT2D eigenvalue weighted by molar-refractivity contribution is 7.12. The zero-order chi connectivity index (χ0) is 11.5. The highest BCUT2D eigenvalue weighted by Gasteiger charge is 2.17. The number of carbonyl (C=O) groups is 1. The van der Waals surface area contributed by atoms with E-state index in [0.717, 1.165) is 0 Å². The van der Waals surface area contributed by atoms with Crippen LogP contribution in [0.5, 0.6) is 5.75 Å². The summed E-state index contributed by atoms with van der Waals surface area (Å²) in [5, 5.41) is 4.59. The summed E-state index contributed by atoms with van der Waals surface area (Å²) < 4.78 is 5.06. The molecule has 1 heterocycles. The predicted octanol–water partition coefficient (Wildman–Crippen LogP) is 1.22. The van der Waals surface area contributed by atoms with Gasteiger partial charge in [0.25, 0.3) is 5.91 Å². The molecule has 0 bridgehead atoms. The van der Waals surface area contributed by atoms with Crippen molar-refractivity contribution >= 4 is 17.2 Å². The van der Waals surface area contributed by atoms with Crippen LogP contribution >= 0.6 is 11.3 Å². The van der Waals surface area contributed by atoms with Gasteiger partial charge < -0.3 is 15.8 Å². The van der Waals surface area contributed by atoms with Crippen molar-refractivity contribution in [2.45, 2.75) is 19.4 Å². The Hall–Kier alpha value is -1.07. The van der Waals surface area contributed by atoms with Crippen molar-refractivity contribution in [2.75, 3.05) is 13.7 Å². The number of thiophene rings is 1. The van der Waals surface area contributed by atoms with Crippen molar-refractivity contribution in [3.05, 3.63) is 16.3 Å². The number of nitrogens with two attached hydrogens (primary N) is 1. The summed E-state index contributed by atoms with van der Waals surface area (Å²) in [7, 11) is 1.55. The monoisotopic (exact) mass is 228 g/mol. The second kappa shape index (κ2) is 4.63. The molecular formula is C10H16N2O2S. The number of hydrogen-bond acceptors (Lipinski definition) is 4. The maximum atomic E-state index is 11.7. The summed E-state index contributed by atoms with van der Waals surface area (Å²) in [4.78, 5) is 12.3. The van der Waals surface area contributed by atoms with Gasteiger partial charge in [-0.2, -0.15) is 0 Å². The summed E-state index contributed by atoms with van der Waals surface area (Å²) in [6.45, 7) is 4.16. The first kappa shape index (κ1) is 12.0. The van der Waals surface area contributed by atoms with Gasteiger partial charge in [-0.25, -0.2) is 0 Å². The Labute approximate surface area is 93.4 Å². The molecule has 4 nitrogen and oxygen atoms in total. The molecule has 5 heteroatoms. The molecule has 0 saturated carbocycles. The lowest BCUT2D eigenvalue weighted by molar-refractivity contribution is 0.0947. The Bertz CT molecular complexity index is 341. The molecule has 0 radical (unpaired) electrons. The molecule has 0 fully saturated rings. The smallest absolute Gasteiger partial charge is 0.265 e. The average molecular weight is 228 g/mol. The zero-order valence-electron chi connectivity index (χ0n) is 9.16. The summed E-state index contributed by atoms with van der Waals surface area (Å²) in [6, 6.07) is 1.77. The molecule has 0 unspecified atom stereocenters. The van der Waals surface area contributed by atoms with Crippen molar-refractivity contribution in [3.8, 4) is 5.75 Å². The van der Waals surface area contributed by atoms with E-state index in [1.807, 2.05) is 19.2 Å². The van der Waals surface area contributed by atoms with Gasteiger partial charge in [0, 0.05) is 12.1 Å². The van der Waals surface area contributed by atoms with Crippen LogP contribution in [-0.2, 0) is 0 Å². The Balaban J connectivity index is 2.62. The first-order chi connectivity index (χ1) is 6.94. The Kier molecular flexibility index (Phi) is 3.71. The minimum atomic E-state index is -0.403. The van der Waals surface area contributed by atoms with Crippen LogP contribution in [-0.4, -0.2) is 25.1 Å². The van der Waals surface area contributed by atoms with Crippen LogP contribution in [0.2, 0.25) is 0 Å². The molecule has 0 aliphatic carbocycles. The molecule has 1 amide bonds. The Morgan fingerprint density at radius 1 is 1.67 bits per heavy atom. The zero-order valence-corrected chi connectivity index (χ0v) is 9.98. The number of carbonyl (C=O) groups excluding carboxylic acids is 1. The molecule has 0 saturated heterocycles. The lowest BCUT2D eigenvalue weighted by atomic mass is 10.1. The van der Waals surface area contributed by atoms with Crippen LogP contribution in [0.15, 0.2) is 11.4 Å². The van der Waals surface area contributed by atoms with Gasteiger partial charge in [-0.15, -0.1) is 11.3 Å². The van der Waals surface area contributed by atoms with Crippen LogP contribution in [0.4, 0.5) is 0 Å². The molecular weight excluding hydrogens is 212 g/mol. The summed E-state index contributed by atoms with van der Waals surface area (Å²) in [6.07, 6.45) is 0. The fraction of sp³-hybridized carbons (Fsp3) is 0.500. The first-order valence-electron chi connectivity index (χ1n) is 4.62. The quantitative estimate of drug-likeness (QED) is 0.814. The normalized spacial score (nSPS) is 11.2. The maximum Gasteiger partial charge on any atom is 0.265 e. The van der Waals surface area contributed by atoms with Gasteiger partial charge >= 0.3 is 0 Å². The van der Waals surface area contributed by atoms with Gasteiger partial charge in [0.2, 0.25) is 0 Å². The molecule has 0 spiro atoms. The SMILES string of the molecule is COc1ccsc1C(=O)NCC(C)(C)N. The topological polar surface area (TPSA) is 64.3 Å². The van der Waals surface area contributed by atoms with Gasteiger partial charge in [0.15, 0.2) is 0 Å². The van der Waals surface area contributed by atoms with Gasteiger partial charge in [-0.3, -0.25) is 4.79 Å². The lowest BCUT2D eigenvalue weighted by Crippen LogP contribution is -2.45. The molecule has 0 aromatic carbocycles. The lowest BCUT2D eigenvalue weighted by Gasteiger charge is -2.18. The van der Waals surface area contributed by atoms with E-state index in [1.165, 1.54) is 11.3 Å². The van der Waals surface area contributed by atoms with E-state index in [9.17, 15) is 4.79 Å². The van der Waals surface area contributed by atoms with E-state index in [-0.39, 0.29) is 5.91 Å². The van der Waals surface area contributed by atoms with Crippen molar-refractivity contribution in [2.24, 2.45) is 5.73 Å². The summed E-state index contributed by atoms with van der Waals surface area (Å²) >= 11 is 1.35. The van der Waals surface area contributed by atoms with Gasteiger partial charge in [-0.05, 0) is 25.3 Å². The molecule has 3 N–H and O–H groups in total. The van der Waals surface area contributed by atoms with Crippen LogP contribution < -0.4 is 15.8 Å². The molecule has 1 rings (SSSR count). The second-order valence-electron chi connectivity index (χ2n) is 3.99. The van der Waals surface area contributed by atoms with Crippen molar-refractivity contribution < 1.29 is 9.53 Å². The fourth-order valence-electron chi connectivity index (χ4n) is 1.01. The number of nitrogens with one attached hydrogen (secondary N) is 1. The van der Waals surface area contributed by atoms with Crippen molar-refractivity contribution in [1.29, 1.82) is 0 Å². The number of ether oxygens (including phenoxy) is 1. The van der Waals surface area contributed by atoms with Gasteiger partial charge in [0.05, 0.1) is 7.11 Å².